The summed E-state index contributed by atoms with van der Waals surface area (Å²) >= 11 is 0. The zero-order chi connectivity index (χ0) is 20.4. The highest BCUT2D eigenvalue weighted by molar-refractivity contribution is 5.88. The lowest BCUT2D eigenvalue weighted by molar-refractivity contribution is 0.251. The number of aryl methyl sites for hydroxylation is 2. The summed E-state index contributed by atoms with van der Waals surface area (Å²) in [6.45, 7) is 3.74. The number of anilines is 1. The second-order valence-corrected chi connectivity index (χ2v) is 6.93. The molecule has 1 aliphatic carbocycles. The Morgan fingerprint density at radius 3 is 2.72 bits per heavy atom. The number of halogens is 1. The standard InChI is InChI=1S/C20H21FN6O2/c1-12-10-13(2)25-19(24-12)27-17(8-9-23-27)26-20(28)22-11-14-4-3-5-16(18(14)21)29-15-6-7-15/h3-5,8-10,15H,6-7,11H2,1-2H3,(H2,22,26,28). The third-order valence-electron chi connectivity index (χ3n) is 4.34. The van der Waals surface area contributed by atoms with Crippen molar-refractivity contribution in [3.8, 4) is 11.7 Å². The first-order valence-corrected chi connectivity index (χ1v) is 9.35. The Balaban J connectivity index is 1.42. The van der Waals surface area contributed by atoms with E-state index in [4.69, 9.17) is 4.74 Å². The molecule has 1 aliphatic rings. The molecule has 0 spiro atoms. The number of hydrogen-bond donors (Lipinski definition) is 2. The van der Waals surface area contributed by atoms with Gasteiger partial charge in [-0.2, -0.15) is 9.78 Å². The summed E-state index contributed by atoms with van der Waals surface area (Å²) in [5, 5.41) is 9.51. The number of hydrogen-bond acceptors (Lipinski definition) is 5. The van der Waals surface area contributed by atoms with Gasteiger partial charge in [-0.3, -0.25) is 5.32 Å². The van der Waals surface area contributed by atoms with E-state index in [2.05, 4.69) is 25.7 Å². The number of aromatic nitrogens is 4. The minimum Gasteiger partial charge on any atom is -0.487 e. The fraction of sp³-hybridized carbons (Fsp3) is 0.300. The van der Waals surface area contributed by atoms with Gasteiger partial charge in [0.15, 0.2) is 11.6 Å². The number of amides is 2. The molecule has 150 valence electrons. The average molecular weight is 396 g/mol. The van der Waals surface area contributed by atoms with Crippen LogP contribution >= 0.6 is 0 Å². The van der Waals surface area contributed by atoms with Crippen molar-refractivity contribution >= 4 is 11.8 Å². The number of nitrogens with zero attached hydrogens (tertiary/aromatic N) is 4. The number of ether oxygens (including phenoxy) is 1. The predicted octanol–water partition coefficient (Wildman–Crippen LogP) is 3.28. The third kappa shape index (κ3) is 4.50. The fourth-order valence-electron chi connectivity index (χ4n) is 2.84. The van der Waals surface area contributed by atoms with Crippen LogP contribution in [0.15, 0.2) is 36.5 Å². The molecule has 0 atom stereocenters. The van der Waals surface area contributed by atoms with E-state index >= 15 is 0 Å². The lowest BCUT2D eigenvalue weighted by atomic mass is 10.2. The van der Waals surface area contributed by atoms with Crippen LogP contribution < -0.4 is 15.4 Å². The SMILES string of the molecule is Cc1cc(C)nc(-n2nccc2NC(=O)NCc2cccc(OC3CC3)c2F)n1. The first kappa shape index (κ1) is 18.9. The van der Waals surface area contributed by atoms with Gasteiger partial charge in [0, 0.05) is 29.6 Å². The highest BCUT2D eigenvalue weighted by atomic mass is 19.1. The minimum absolute atomic E-state index is 0.0216. The molecule has 0 saturated heterocycles. The van der Waals surface area contributed by atoms with Crippen LogP contribution in [0.3, 0.4) is 0 Å². The first-order valence-electron chi connectivity index (χ1n) is 9.35. The number of benzene rings is 1. The van der Waals surface area contributed by atoms with Gasteiger partial charge < -0.3 is 10.1 Å². The molecule has 0 unspecified atom stereocenters. The monoisotopic (exact) mass is 396 g/mol. The van der Waals surface area contributed by atoms with E-state index in [1.54, 1.807) is 24.3 Å². The summed E-state index contributed by atoms with van der Waals surface area (Å²) in [7, 11) is 0. The second kappa shape index (κ2) is 7.86. The van der Waals surface area contributed by atoms with Crippen molar-refractivity contribution in [1.29, 1.82) is 0 Å². The van der Waals surface area contributed by atoms with Crippen LogP contribution in [0.5, 0.6) is 5.75 Å². The van der Waals surface area contributed by atoms with Crippen LogP contribution in [-0.4, -0.2) is 31.9 Å². The predicted molar refractivity (Wildman–Crippen MR) is 105 cm³/mol. The highest BCUT2D eigenvalue weighted by Crippen LogP contribution is 2.29. The van der Waals surface area contributed by atoms with Crippen LogP contribution in [0.1, 0.15) is 29.8 Å². The van der Waals surface area contributed by atoms with Gasteiger partial charge in [-0.15, -0.1) is 0 Å². The molecular weight excluding hydrogens is 375 g/mol. The van der Waals surface area contributed by atoms with Gasteiger partial charge >= 0.3 is 6.03 Å². The lowest BCUT2D eigenvalue weighted by Gasteiger charge is -2.12. The smallest absolute Gasteiger partial charge is 0.320 e. The molecule has 1 saturated carbocycles. The van der Waals surface area contributed by atoms with Crippen LogP contribution in [0.4, 0.5) is 15.0 Å². The topological polar surface area (TPSA) is 94.0 Å². The summed E-state index contributed by atoms with van der Waals surface area (Å²) in [5.74, 6) is 0.531. The summed E-state index contributed by atoms with van der Waals surface area (Å²) < 4.78 is 21.5. The molecule has 4 rings (SSSR count). The van der Waals surface area contributed by atoms with Gasteiger partial charge in [-0.05, 0) is 38.8 Å². The van der Waals surface area contributed by atoms with E-state index in [0.717, 1.165) is 24.2 Å². The van der Waals surface area contributed by atoms with Crippen molar-refractivity contribution in [2.24, 2.45) is 0 Å². The molecule has 0 aliphatic heterocycles. The molecule has 1 fully saturated rings. The maximum atomic E-state index is 14.5. The zero-order valence-corrected chi connectivity index (χ0v) is 16.1. The molecule has 2 aromatic heterocycles. The Bertz CT molecular complexity index is 1030. The van der Waals surface area contributed by atoms with Crippen molar-refractivity contribution in [3.63, 3.8) is 0 Å². The second-order valence-electron chi connectivity index (χ2n) is 6.93. The van der Waals surface area contributed by atoms with Gasteiger partial charge in [0.25, 0.3) is 5.95 Å². The molecular formula is C20H21FN6O2. The third-order valence-corrected chi connectivity index (χ3v) is 4.34. The van der Waals surface area contributed by atoms with Gasteiger partial charge in [-0.25, -0.2) is 19.2 Å². The summed E-state index contributed by atoms with van der Waals surface area (Å²) in [5.41, 5.74) is 1.94. The highest BCUT2D eigenvalue weighted by Gasteiger charge is 2.25. The van der Waals surface area contributed by atoms with Crippen LogP contribution in [0.2, 0.25) is 0 Å². The van der Waals surface area contributed by atoms with Crippen molar-refractivity contribution in [1.82, 2.24) is 25.1 Å². The minimum atomic E-state index is -0.496. The Labute approximate surface area is 167 Å². The van der Waals surface area contributed by atoms with Gasteiger partial charge in [0.1, 0.15) is 5.82 Å². The van der Waals surface area contributed by atoms with E-state index in [1.807, 2.05) is 19.9 Å². The normalized spacial score (nSPS) is 13.2. The maximum absolute atomic E-state index is 14.5. The van der Waals surface area contributed by atoms with E-state index in [9.17, 15) is 9.18 Å². The van der Waals surface area contributed by atoms with Crippen LogP contribution in [0, 0.1) is 19.7 Å². The Hall–Kier alpha value is -3.49. The van der Waals surface area contributed by atoms with Gasteiger partial charge in [0.2, 0.25) is 0 Å². The molecule has 0 radical (unpaired) electrons. The molecule has 9 heteroatoms. The molecule has 3 aromatic rings. The average Bonchev–Trinajstić information content (AvgIpc) is 3.37. The molecule has 8 nitrogen and oxygen atoms in total. The summed E-state index contributed by atoms with van der Waals surface area (Å²) in [6, 6.07) is 7.91. The van der Waals surface area contributed by atoms with Crippen molar-refractivity contribution in [2.45, 2.75) is 39.3 Å². The van der Waals surface area contributed by atoms with Gasteiger partial charge in [-0.1, -0.05) is 12.1 Å². The van der Waals surface area contributed by atoms with E-state index in [0.29, 0.717) is 17.3 Å². The van der Waals surface area contributed by atoms with Crippen molar-refractivity contribution < 1.29 is 13.9 Å². The Morgan fingerprint density at radius 1 is 1.24 bits per heavy atom. The number of nitrogens with one attached hydrogen (secondary N) is 2. The molecule has 2 N–H and O–H groups in total. The molecule has 1 aromatic carbocycles. The summed E-state index contributed by atoms with van der Waals surface area (Å²) in [6.07, 6.45) is 3.53. The van der Waals surface area contributed by atoms with Gasteiger partial charge in [0.05, 0.1) is 12.3 Å². The van der Waals surface area contributed by atoms with E-state index in [1.165, 1.54) is 10.9 Å². The molecule has 29 heavy (non-hydrogen) atoms. The summed E-state index contributed by atoms with van der Waals surface area (Å²) in [4.78, 5) is 21.0. The van der Waals surface area contributed by atoms with Crippen LogP contribution in [-0.2, 0) is 6.54 Å². The molecule has 2 heterocycles. The molecule has 0 bridgehead atoms. The zero-order valence-electron chi connectivity index (χ0n) is 16.1. The van der Waals surface area contributed by atoms with Crippen molar-refractivity contribution in [2.75, 3.05) is 5.32 Å². The first-order chi connectivity index (χ1) is 14.0. The van der Waals surface area contributed by atoms with Crippen molar-refractivity contribution in [3.05, 3.63) is 59.3 Å². The van der Waals surface area contributed by atoms with E-state index in [-0.39, 0.29) is 18.4 Å². The largest absolute Gasteiger partial charge is 0.487 e. The Morgan fingerprint density at radius 2 is 2.00 bits per heavy atom. The quantitative estimate of drug-likeness (QED) is 0.667. The molecule has 2 amide bonds. The fourth-order valence-corrected chi connectivity index (χ4v) is 2.84. The van der Waals surface area contributed by atoms with Crippen LogP contribution in [0.25, 0.3) is 5.95 Å². The maximum Gasteiger partial charge on any atom is 0.320 e. The Kier molecular flexibility index (Phi) is 5.11. The lowest BCUT2D eigenvalue weighted by Crippen LogP contribution is -2.29. The number of carbonyl (C=O) groups is 1. The number of urea groups is 1. The van der Waals surface area contributed by atoms with E-state index < -0.39 is 11.8 Å². The number of rotatable bonds is 6. The number of carbonyl (C=O) groups excluding carboxylic acids is 1.